The molecule has 0 saturated heterocycles. The number of benzene rings is 2. The van der Waals surface area contributed by atoms with Crippen LogP contribution in [0.4, 0.5) is 5.69 Å². The Morgan fingerprint density at radius 1 is 1.17 bits per heavy atom. The summed E-state index contributed by atoms with van der Waals surface area (Å²) in [7, 11) is 0. The highest BCUT2D eigenvalue weighted by Crippen LogP contribution is 2.28. The van der Waals surface area contributed by atoms with Gasteiger partial charge in [0, 0.05) is 11.4 Å². The summed E-state index contributed by atoms with van der Waals surface area (Å²) in [5.74, 6) is 0.591. The predicted molar refractivity (Wildman–Crippen MR) is 93.4 cm³/mol. The normalized spacial score (nSPS) is 20.1. The van der Waals surface area contributed by atoms with Gasteiger partial charge in [-0.1, -0.05) is 12.1 Å². The lowest BCUT2D eigenvalue weighted by molar-refractivity contribution is 0.471. The van der Waals surface area contributed by atoms with E-state index in [1.165, 1.54) is 0 Å². The zero-order chi connectivity index (χ0) is 16.4. The highest BCUT2D eigenvalue weighted by molar-refractivity contribution is 5.97. The highest BCUT2D eigenvalue weighted by atomic mass is 16.3. The Balaban J connectivity index is 1.70. The van der Waals surface area contributed by atoms with E-state index < -0.39 is 0 Å². The number of aliphatic imine (C=N–C) groups is 1. The molecule has 1 aliphatic carbocycles. The zero-order valence-corrected chi connectivity index (χ0v) is 13.5. The smallest absolute Gasteiger partial charge is 0.118 e. The quantitative estimate of drug-likeness (QED) is 0.742. The van der Waals surface area contributed by atoms with Gasteiger partial charge in [0.2, 0.25) is 0 Å². The molecule has 0 heterocycles. The molecule has 1 aliphatic rings. The van der Waals surface area contributed by atoms with Gasteiger partial charge in [0.15, 0.2) is 0 Å². The standard InChI is InChI=1S/C19H22N2O2/c1-12-10-15(6-9-19(12)23)21-18-8-7-17(18)20-13(2)14-4-3-5-16(22)11-14/h3-6,9-11,13,18,21-23H,7-8H2,1-2H3/t13-,18?/m1/s1. The fourth-order valence-electron chi connectivity index (χ4n) is 2.78. The van der Waals surface area contributed by atoms with Gasteiger partial charge in [-0.05, 0) is 68.1 Å². The van der Waals surface area contributed by atoms with Crippen molar-refractivity contribution in [2.75, 3.05) is 5.32 Å². The molecule has 2 aromatic carbocycles. The monoisotopic (exact) mass is 310 g/mol. The van der Waals surface area contributed by atoms with E-state index in [2.05, 4.69) is 5.32 Å². The lowest BCUT2D eigenvalue weighted by atomic mass is 9.89. The van der Waals surface area contributed by atoms with Gasteiger partial charge < -0.3 is 15.5 Å². The minimum absolute atomic E-state index is 0.0308. The number of aryl methyl sites for hydroxylation is 1. The molecule has 1 saturated carbocycles. The Hall–Kier alpha value is -2.49. The second-order valence-corrected chi connectivity index (χ2v) is 6.13. The van der Waals surface area contributed by atoms with Crippen LogP contribution in [0.5, 0.6) is 11.5 Å². The molecule has 23 heavy (non-hydrogen) atoms. The zero-order valence-electron chi connectivity index (χ0n) is 13.5. The molecule has 2 atom stereocenters. The number of rotatable bonds is 4. The number of phenols is 2. The molecular weight excluding hydrogens is 288 g/mol. The number of phenolic OH excluding ortho intramolecular Hbond substituents is 2. The summed E-state index contributed by atoms with van der Waals surface area (Å²) in [5.41, 5.74) is 4.04. The van der Waals surface area contributed by atoms with Gasteiger partial charge in [0.05, 0.1) is 12.1 Å². The van der Waals surface area contributed by atoms with Crippen molar-refractivity contribution >= 4 is 11.4 Å². The number of aromatic hydroxyl groups is 2. The number of anilines is 1. The van der Waals surface area contributed by atoms with Gasteiger partial charge in [0.1, 0.15) is 11.5 Å². The minimum atomic E-state index is 0.0308. The molecule has 4 nitrogen and oxygen atoms in total. The molecule has 120 valence electrons. The summed E-state index contributed by atoms with van der Waals surface area (Å²) in [6, 6.07) is 13.1. The van der Waals surface area contributed by atoms with Crippen molar-refractivity contribution in [3.8, 4) is 11.5 Å². The third kappa shape index (κ3) is 3.47. The molecule has 2 aromatic rings. The van der Waals surface area contributed by atoms with Gasteiger partial charge in [0.25, 0.3) is 0 Å². The van der Waals surface area contributed by atoms with Crippen molar-refractivity contribution in [2.45, 2.75) is 38.8 Å². The summed E-state index contributed by atoms with van der Waals surface area (Å²) >= 11 is 0. The molecule has 0 spiro atoms. The molecule has 0 radical (unpaired) electrons. The fourth-order valence-corrected chi connectivity index (χ4v) is 2.78. The Bertz CT molecular complexity index is 740. The van der Waals surface area contributed by atoms with E-state index >= 15 is 0 Å². The minimum Gasteiger partial charge on any atom is -0.508 e. The van der Waals surface area contributed by atoms with E-state index in [-0.39, 0.29) is 17.8 Å². The van der Waals surface area contributed by atoms with E-state index in [4.69, 9.17) is 4.99 Å². The van der Waals surface area contributed by atoms with E-state index in [9.17, 15) is 10.2 Å². The molecule has 0 aliphatic heterocycles. The molecular formula is C19H22N2O2. The largest absolute Gasteiger partial charge is 0.508 e. The second-order valence-electron chi connectivity index (χ2n) is 6.13. The van der Waals surface area contributed by atoms with E-state index in [0.29, 0.717) is 5.75 Å². The third-order valence-electron chi connectivity index (χ3n) is 4.34. The maximum absolute atomic E-state index is 9.60. The van der Waals surface area contributed by atoms with Crippen LogP contribution in [0.3, 0.4) is 0 Å². The van der Waals surface area contributed by atoms with Gasteiger partial charge >= 0.3 is 0 Å². The van der Waals surface area contributed by atoms with Gasteiger partial charge in [-0.2, -0.15) is 0 Å². The summed E-state index contributed by atoms with van der Waals surface area (Å²) < 4.78 is 0. The van der Waals surface area contributed by atoms with Crippen LogP contribution >= 0.6 is 0 Å². The lowest BCUT2D eigenvalue weighted by Crippen LogP contribution is -2.39. The van der Waals surface area contributed by atoms with Crippen molar-refractivity contribution in [3.05, 3.63) is 53.6 Å². The van der Waals surface area contributed by atoms with Crippen LogP contribution in [0.25, 0.3) is 0 Å². The molecule has 3 rings (SSSR count). The van der Waals surface area contributed by atoms with Crippen molar-refractivity contribution in [3.63, 3.8) is 0 Å². The van der Waals surface area contributed by atoms with Crippen LogP contribution in [0, 0.1) is 6.92 Å². The third-order valence-corrected chi connectivity index (χ3v) is 4.34. The first-order valence-corrected chi connectivity index (χ1v) is 7.94. The topological polar surface area (TPSA) is 64.9 Å². The highest BCUT2D eigenvalue weighted by Gasteiger charge is 2.26. The average Bonchev–Trinajstić information content (AvgIpc) is 2.52. The Labute approximate surface area is 136 Å². The van der Waals surface area contributed by atoms with Crippen LogP contribution in [0.1, 0.15) is 36.9 Å². The second kappa shape index (κ2) is 6.32. The Morgan fingerprint density at radius 3 is 2.65 bits per heavy atom. The fraction of sp³-hybridized carbons (Fsp3) is 0.316. The van der Waals surface area contributed by atoms with E-state index in [1.54, 1.807) is 18.2 Å². The van der Waals surface area contributed by atoms with Crippen molar-refractivity contribution < 1.29 is 10.2 Å². The lowest BCUT2D eigenvalue weighted by Gasteiger charge is -2.31. The van der Waals surface area contributed by atoms with Crippen LogP contribution in [0.15, 0.2) is 47.5 Å². The van der Waals surface area contributed by atoms with Gasteiger partial charge in [-0.3, -0.25) is 4.99 Å². The number of nitrogens with zero attached hydrogens (tertiary/aromatic N) is 1. The average molecular weight is 310 g/mol. The van der Waals surface area contributed by atoms with Gasteiger partial charge in [-0.25, -0.2) is 0 Å². The summed E-state index contributed by atoms with van der Waals surface area (Å²) in [5, 5.41) is 22.7. The predicted octanol–water partition coefficient (Wildman–Crippen LogP) is 4.18. The van der Waals surface area contributed by atoms with Crippen molar-refractivity contribution in [1.82, 2.24) is 0 Å². The first kappa shape index (κ1) is 15.4. The molecule has 3 N–H and O–H groups in total. The van der Waals surface area contributed by atoms with Crippen LogP contribution < -0.4 is 5.32 Å². The molecule has 0 bridgehead atoms. The molecule has 0 aromatic heterocycles. The Morgan fingerprint density at radius 2 is 2.00 bits per heavy atom. The number of nitrogens with one attached hydrogen (secondary N) is 1. The molecule has 1 unspecified atom stereocenters. The van der Waals surface area contributed by atoms with Gasteiger partial charge in [-0.15, -0.1) is 0 Å². The maximum atomic E-state index is 9.60. The summed E-state index contributed by atoms with van der Waals surface area (Å²) in [6.45, 7) is 3.93. The van der Waals surface area contributed by atoms with Crippen LogP contribution in [0.2, 0.25) is 0 Å². The van der Waals surface area contributed by atoms with E-state index in [1.807, 2.05) is 38.1 Å². The number of hydrogen-bond acceptors (Lipinski definition) is 4. The number of hydrogen-bond donors (Lipinski definition) is 3. The summed E-state index contributed by atoms with van der Waals surface area (Å²) in [6.07, 6.45) is 2.06. The van der Waals surface area contributed by atoms with Crippen LogP contribution in [-0.2, 0) is 0 Å². The first-order valence-electron chi connectivity index (χ1n) is 7.94. The van der Waals surface area contributed by atoms with Crippen LogP contribution in [-0.4, -0.2) is 22.0 Å². The maximum Gasteiger partial charge on any atom is 0.118 e. The molecule has 0 amide bonds. The first-order chi connectivity index (χ1) is 11.0. The Kier molecular flexibility index (Phi) is 4.24. The SMILES string of the molecule is Cc1cc(NC2CCC2=N[C@H](C)c2cccc(O)c2)ccc1O. The van der Waals surface area contributed by atoms with Crippen molar-refractivity contribution in [2.24, 2.45) is 4.99 Å². The summed E-state index contributed by atoms with van der Waals surface area (Å²) in [4.78, 5) is 4.80. The van der Waals surface area contributed by atoms with Crippen molar-refractivity contribution in [1.29, 1.82) is 0 Å². The molecule has 4 heteroatoms. The molecule has 1 fully saturated rings. The van der Waals surface area contributed by atoms with E-state index in [0.717, 1.165) is 35.4 Å².